The largest absolute Gasteiger partial charge is 0.481 e. The second-order valence-corrected chi connectivity index (χ2v) is 9.77. The summed E-state index contributed by atoms with van der Waals surface area (Å²) in [6.45, 7) is 1.36. The van der Waals surface area contributed by atoms with Crippen molar-refractivity contribution in [2.45, 2.75) is 32.1 Å². The van der Waals surface area contributed by atoms with Gasteiger partial charge in [-0.3, -0.25) is 9.59 Å². The number of carbonyl (C=O) groups is 2. The smallest absolute Gasteiger partial charge is 0.416 e. The highest BCUT2D eigenvalue weighted by molar-refractivity contribution is 6.38. The maximum atomic E-state index is 14.0. The maximum Gasteiger partial charge on any atom is 0.416 e. The van der Waals surface area contributed by atoms with E-state index in [1.165, 1.54) is 17.0 Å². The van der Waals surface area contributed by atoms with Gasteiger partial charge in [-0.05, 0) is 54.8 Å². The number of aliphatic carboxylic acids is 1. The molecule has 1 amide bonds. The van der Waals surface area contributed by atoms with Gasteiger partial charge >= 0.3 is 12.1 Å². The molecule has 0 spiro atoms. The topological polar surface area (TPSA) is 62.5 Å². The van der Waals surface area contributed by atoms with Gasteiger partial charge in [0.25, 0.3) is 5.91 Å². The van der Waals surface area contributed by atoms with Crippen molar-refractivity contribution in [1.29, 1.82) is 0 Å². The third-order valence-corrected chi connectivity index (χ3v) is 7.49. The predicted octanol–water partition coefficient (Wildman–Crippen LogP) is 6.29. The van der Waals surface area contributed by atoms with E-state index in [0.717, 1.165) is 12.1 Å². The summed E-state index contributed by atoms with van der Waals surface area (Å²) in [5.74, 6) is -3.18. The molecule has 2 aromatic carbocycles. The number of piperidine rings is 1. The summed E-state index contributed by atoms with van der Waals surface area (Å²) in [6, 6.07) is 6.85. The van der Waals surface area contributed by atoms with Crippen molar-refractivity contribution in [3.05, 3.63) is 68.3 Å². The monoisotopic (exact) mass is 544 g/mol. The van der Waals surface area contributed by atoms with Crippen LogP contribution in [0.4, 0.5) is 17.6 Å². The molecule has 192 valence electrons. The minimum absolute atomic E-state index is 0.0437. The van der Waals surface area contributed by atoms with Gasteiger partial charge < -0.3 is 14.6 Å². The molecule has 1 fully saturated rings. The van der Waals surface area contributed by atoms with Crippen LogP contribution < -0.4 is 0 Å². The van der Waals surface area contributed by atoms with Gasteiger partial charge in [0.2, 0.25) is 0 Å². The van der Waals surface area contributed by atoms with E-state index >= 15 is 0 Å². The van der Waals surface area contributed by atoms with E-state index in [2.05, 4.69) is 0 Å². The standard InChI is InChI=1S/C25H22Cl2F4N2O3/c1-12-7-13(25(29,30)31)8-21-16(12)9-14(32(21)2)10-17-19(26)4-3-15(22(17)27)23(34)33-6-5-20(28)18(11-33)24(35)36/h3-4,7-9,18,20H,5-6,10-11H2,1-2H3,(H,35,36). The first kappa shape index (κ1) is 26.3. The number of hydrogen-bond donors (Lipinski definition) is 1. The Morgan fingerprint density at radius 3 is 2.50 bits per heavy atom. The Bertz CT molecular complexity index is 1370. The van der Waals surface area contributed by atoms with Gasteiger partial charge in [-0.15, -0.1) is 0 Å². The molecule has 0 saturated carbocycles. The van der Waals surface area contributed by atoms with Crippen molar-refractivity contribution < 1.29 is 32.3 Å². The molecule has 0 aliphatic carbocycles. The third-order valence-electron chi connectivity index (χ3n) is 6.70. The van der Waals surface area contributed by atoms with E-state index < -0.39 is 35.7 Å². The van der Waals surface area contributed by atoms with Crippen LogP contribution in [0.15, 0.2) is 30.3 Å². The summed E-state index contributed by atoms with van der Waals surface area (Å²) in [5.41, 5.74) is 1.23. The van der Waals surface area contributed by atoms with Crippen LogP contribution in [0.5, 0.6) is 0 Å². The summed E-state index contributed by atoms with van der Waals surface area (Å²) in [5, 5.41) is 10.2. The number of carboxylic acids is 1. The second-order valence-electron chi connectivity index (χ2n) is 8.98. The molecular formula is C25H22Cl2F4N2O3. The summed E-state index contributed by atoms with van der Waals surface area (Å²) in [4.78, 5) is 25.8. The van der Waals surface area contributed by atoms with E-state index in [1.807, 2.05) is 0 Å². The van der Waals surface area contributed by atoms with Gasteiger partial charge in [0, 0.05) is 48.2 Å². The quantitative estimate of drug-likeness (QED) is 0.393. The first-order chi connectivity index (χ1) is 16.8. The number of amides is 1. The minimum atomic E-state index is -4.49. The molecule has 0 bridgehead atoms. The van der Waals surface area contributed by atoms with Crippen LogP contribution in [0.2, 0.25) is 10.0 Å². The molecule has 3 aromatic rings. The molecule has 2 unspecified atom stereocenters. The number of fused-ring (bicyclic) bond motifs is 1. The Morgan fingerprint density at radius 2 is 1.86 bits per heavy atom. The number of aryl methyl sites for hydroxylation is 2. The number of rotatable bonds is 4. The third kappa shape index (κ3) is 4.78. The summed E-state index contributed by atoms with van der Waals surface area (Å²) in [6.07, 6.45) is -6.00. The molecule has 1 aliphatic heterocycles. The lowest BCUT2D eigenvalue weighted by Crippen LogP contribution is -2.47. The molecule has 2 heterocycles. The minimum Gasteiger partial charge on any atom is -0.481 e. The Morgan fingerprint density at radius 1 is 1.17 bits per heavy atom. The van der Waals surface area contributed by atoms with Gasteiger partial charge in [-0.2, -0.15) is 13.2 Å². The molecule has 2 atom stereocenters. The number of nitrogens with zero attached hydrogens (tertiary/aromatic N) is 2. The Labute approximate surface area is 214 Å². The number of alkyl halides is 4. The van der Waals surface area contributed by atoms with Crippen molar-refractivity contribution in [3.63, 3.8) is 0 Å². The van der Waals surface area contributed by atoms with Crippen LogP contribution in [0, 0.1) is 12.8 Å². The van der Waals surface area contributed by atoms with Crippen molar-refractivity contribution in [1.82, 2.24) is 9.47 Å². The van der Waals surface area contributed by atoms with Crippen LogP contribution in [-0.4, -0.2) is 45.7 Å². The molecule has 36 heavy (non-hydrogen) atoms. The van der Waals surface area contributed by atoms with E-state index in [4.69, 9.17) is 23.2 Å². The molecule has 4 rings (SSSR count). The zero-order chi connectivity index (χ0) is 26.5. The number of carboxylic acid groups (broad SMARTS) is 1. The highest BCUT2D eigenvalue weighted by atomic mass is 35.5. The average molecular weight is 545 g/mol. The highest BCUT2D eigenvalue weighted by Crippen LogP contribution is 2.36. The number of likely N-dealkylation sites (tertiary alicyclic amines) is 1. The maximum absolute atomic E-state index is 14.0. The number of halogens is 6. The van der Waals surface area contributed by atoms with Crippen molar-refractivity contribution in [2.24, 2.45) is 13.0 Å². The fourth-order valence-electron chi connectivity index (χ4n) is 4.61. The summed E-state index contributed by atoms with van der Waals surface area (Å²) in [7, 11) is 1.64. The van der Waals surface area contributed by atoms with Crippen LogP contribution in [-0.2, 0) is 24.4 Å². The molecule has 5 nitrogen and oxygen atoms in total. The average Bonchev–Trinajstić information content (AvgIpc) is 3.12. The SMILES string of the molecule is Cc1cc(C(F)(F)F)cc2c1cc(Cc1c(Cl)ccc(C(=O)N3CCC(F)C(C(=O)O)C3)c1Cl)n2C. The highest BCUT2D eigenvalue weighted by Gasteiger charge is 2.37. The zero-order valence-corrected chi connectivity index (χ0v) is 20.8. The second kappa shape index (κ2) is 9.59. The molecular weight excluding hydrogens is 523 g/mol. The normalized spacial score (nSPS) is 18.6. The van der Waals surface area contributed by atoms with Crippen molar-refractivity contribution in [2.75, 3.05) is 13.1 Å². The van der Waals surface area contributed by atoms with Crippen LogP contribution in [0.25, 0.3) is 10.9 Å². The summed E-state index contributed by atoms with van der Waals surface area (Å²) >= 11 is 13.0. The molecule has 1 aromatic heterocycles. The molecule has 1 saturated heterocycles. The lowest BCUT2D eigenvalue weighted by atomic mass is 9.95. The molecule has 1 aliphatic rings. The predicted molar refractivity (Wildman–Crippen MR) is 128 cm³/mol. The number of aromatic nitrogens is 1. The fraction of sp³-hybridized carbons (Fsp3) is 0.360. The first-order valence-corrected chi connectivity index (χ1v) is 11.8. The van der Waals surface area contributed by atoms with Crippen molar-refractivity contribution in [3.8, 4) is 0 Å². The zero-order valence-electron chi connectivity index (χ0n) is 19.3. The number of hydrogen-bond acceptors (Lipinski definition) is 2. The van der Waals surface area contributed by atoms with E-state index in [0.29, 0.717) is 27.7 Å². The first-order valence-electron chi connectivity index (χ1n) is 11.1. The van der Waals surface area contributed by atoms with Crippen LogP contribution in [0.1, 0.15) is 39.2 Å². The van der Waals surface area contributed by atoms with Gasteiger partial charge in [-0.25, -0.2) is 4.39 Å². The Balaban J connectivity index is 1.69. The lowest BCUT2D eigenvalue weighted by molar-refractivity contribution is -0.146. The Kier molecular flexibility index (Phi) is 7.00. The molecule has 1 N–H and O–H groups in total. The number of benzene rings is 2. The van der Waals surface area contributed by atoms with Crippen LogP contribution in [0.3, 0.4) is 0 Å². The molecule has 11 heteroatoms. The molecule has 0 radical (unpaired) electrons. The van der Waals surface area contributed by atoms with Crippen molar-refractivity contribution >= 4 is 46.0 Å². The lowest BCUT2D eigenvalue weighted by Gasteiger charge is -2.33. The van der Waals surface area contributed by atoms with Crippen LogP contribution >= 0.6 is 23.2 Å². The summed E-state index contributed by atoms with van der Waals surface area (Å²) < 4.78 is 55.6. The number of carbonyl (C=O) groups excluding carboxylic acids is 1. The fourth-order valence-corrected chi connectivity index (χ4v) is 5.20. The van der Waals surface area contributed by atoms with E-state index in [1.54, 1.807) is 24.6 Å². The Hall–Kier alpha value is -2.78. The van der Waals surface area contributed by atoms with E-state index in [9.17, 15) is 32.3 Å². The van der Waals surface area contributed by atoms with Gasteiger partial charge in [0.1, 0.15) is 12.1 Å². The van der Waals surface area contributed by atoms with E-state index in [-0.39, 0.29) is 41.5 Å². The van der Waals surface area contributed by atoms with Gasteiger partial charge in [-0.1, -0.05) is 23.2 Å². The van der Waals surface area contributed by atoms with Gasteiger partial charge in [0.05, 0.1) is 16.1 Å². The van der Waals surface area contributed by atoms with Gasteiger partial charge in [0.15, 0.2) is 0 Å².